The molecule has 0 spiro atoms. The summed E-state index contributed by atoms with van der Waals surface area (Å²) in [6.45, 7) is 6.47. The van der Waals surface area contributed by atoms with Crippen molar-refractivity contribution in [1.82, 2.24) is 5.32 Å². The molecule has 1 N–H and O–H groups in total. The van der Waals surface area contributed by atoms with Gasteiger partial charge in [-0.05, 0) is 38.6 Å². The molecule has 1 rings (SSSR count). The molecule has 0 saturated heterocycles. The van der Waals surface area contributed by atoms with E-state index in [2.05, 4.69) is 36.2 Å². The standard InChI is InChI=1S/C15H23N3O/c1-5-18(12(2)11-19-4)15-7-6-13(10-17-3)8-14(15)9-16/h6-8,12,17H,5,10-11H2,1-4H3. The van der Waals surface area contributed by atoms with E-state index in [0.717, 1.165) is 29.9 Å². The van der Waals surface area contributed by atoms with Crippen molar-refractivity contribution in [2.24, 2.45) is 0 Å². The van der Waals surface area contributed by atoms with Crippen LogP contribution in [0.5, 0.6) is 0 Å². The van der Waals surface area contributed by atoms with Crippen molar-refractivity contribution >= 4 is 5.69 Å². The van der Waals surface area contributed by atoms with Crippen molar-refractivity contribution in [1.29, 1.82) is 5.26 Å². The summed E-state index contributed by atoms with van der Waals surface area (Å²) in [6, 6.07) is 8.59. The van der Waals surface area contributed by atoms with Crippen LogP contribution >= 0.6 is 0 Å². The van der Waals surface area contributed by atoms with Gasteiger partial charge >= 0.3 is 0 Å². The van der Waals surface area contributed by atoms with E-state index >= 15 is 0 Å². The SMILES string of the molecule is CCN(c1ccc(CNC)cc1C#N)C(C)COC. The summed E-state index contributed by atoms with van der Waals surface area (Å²) in [5.74, 6) is 0. The summed E-state index contributed by atoms with van der Waals surface area (Å²) in [5, 5.41) is 12.4. The lowest BCUT2D eigenvalue weighted by molar-refractivity contribution is 0.182. The predicted molar refractivity (Wildman–Crippen MR) is 78.3 cm³/mol. The maximum absolute atomic E-state index is 9.34. The Bertz CT molecular complexity index is 440. The predicted octanol–water partition coefficient (Wildman–Crippen LogP) is 2.14. The van der Waals surface area contributed by atoms with Crippen LogP contribution in [0, 0.1) is 11.3 Å². The zero-order valence-electron chi connectivity index (χ0n) is 12.2. The van der Waals surface area contributed by atoms with Crippen LogP contribution in [-0.2, 0) is 11.3 Å². The van der Waals surface area contributed by atoms with Crippen LogP contribution in [0.2, 0.25) is 0 Å². The van der Waals surface area contributed by atoms with Gasteiger partial charge in [0.1, 0.15) is 6.07 Å². The molecule has 0 aliphatic rings. The Hall–Kier alpha value is -1.57. The quantitative estimate of drug-likeness (QED) is 0.817. The van der Waals surface area contributed by atoms with Crippen LogP contribution in [0.1, 0.15) is 25.0 Å². The van der Waals surface area contributed by atoms with Crippen molar-refractivity contribution < 1.29 is 4.74 Å². The van der Waals surface area contributed by atoms with Gasteiger partial charge in [-0.1, -0.05) is 6.07 Å². The number of benzene rings is 1. The summed E-state index contributed by atoms with van der Waals surface area (Å²) in [5.41, 5.74) is 2.82. The van der Waals surface area contributed by atoms with E-state index in [4.69, 9.17) is 4.74 Å². The van der Waals surface area contributed by atoms with Crippen LogP contribution in [-0.4, -0.2) is 33.4 Å². The van der Waals surface area contributed by atoms with Crippen molar-refractivity contribution in [3.63, 3.8) is 0 Å². The van der Waals surface area contributed by atoms with Crippen LogP contribution in [0.25, 0.3) is 0 Å². The van der Waals surface area contributed by atoms with E-state index in [1.54, 1.807) is 7.11 Å². The molecular formula is C15H23N3O. The second kappa shape index (κ2) is 7.78. The van der Waals surface area contributed by atoms with Gasteiger partial charge in [-0.25, -0.2) is 0 Å². The van der Waals surface area contributed by atoms with Gasteiger partial charge in [0.25, 0.3) is 0 Å². The van der Waals surface area contributed by atoms with Crippen molar-refractivity contribution in [2.75, 3.05) is 32.2 Å². The van der Waals surface area contributed by atoms with E-state index in [9.17, 15) is 5.26 Å². The summed E-state index contributed by atoms with van der Waals surface area (Å²) in [6.07, 6.45) is 0. The fourth-order valence-electron chi connectivity index (χ4n) is 2.29. The maximum atomic E-state index is 9.34. The van der Waals surface area contributed by atoms with Gasteiger partial charge < -0.3 is 15.0 Å². The molecule has 0 aromatic heterocycles. The van der Waals surface area contributed by atoms with E-state index in [1.165, 1.54) is 0 Å². The summed E-state index contributed by atoms with van der Waals surface area (Å²) >= 11 is 0. The number of hydrogen-bond acceptors (Lipinski definition) is 4. The van der Waals surface area contributed by atoms with Crippen molar-refractivity contribution in [3.8, 4) is 6.07 Å². The van der Waals surface area contributed by atoms with Gasteiger partial charge in [0.05, 0.1) is 17.9 Å². The fraction of sp³-hybridized carbons (Fsp3) is 0.533. The van der Waals surface area contributed by atoms with Crippen LogP contribution in [0.15, 0.2) is 18.2 Å². The average Bonchev–Trinajstić information content (AvgIpc) is 2.41. The monoisotopic (exact) mass is 261 g/mol. The van der Waals surface area contributed by atoms with Gasteiger partial charge in [-0.3, -0.25) is 0 Å². The van der Waals surface area contributed by atoms with Gasteiger partial charge in [0.15, 0.2) is 0 Å². The molecule has 1 atom stereocenters. The minimum atomic E-state index is 0.247. The second-order valence-corrected chi connectivity index (χ2v) is 4.58. The summed E-state index contributed by atoms with van der Waals surface area (Å²) < 4.78 is 5.21. The zero-order chi connectivity index (χ0) is 14.3. The number of anilines is 1. The molecule has 0 aliphatic carbocycles. The van der Waals surface area contributed by atoms with E-state index in [1.807, 2.05) is 19.2 Å². The highest BCUT2D eigenvalue weighted by atomic mass is 16.5. The molecule has 1 aromatic carbocycles. The second-order valence-electron chi connectivity index (χ2n) is 4.58. The number of nitrogens with one attached hydrogen (secondary N) is 1. The molecule has 1 aromatic rings. The highest BCUT2D eigenvalue weighted by molar-refractivity contribution is 5.61. The number of ether oxygens (including phenoxy) is 1. The third-order valence-electron chi connectivity index (χ3n) is 3.15. The van der Waals surface area contributed by atoms with Crippen LogP contribution in [0.3, 0.4) is 0 Å². The molecular weight excluding hydrogens is 238 g/mol. The number of nitriles is 1. The lowest BCUT2D eigenvalue weighted by atomic mass is 10.1. The lowest BCUT2D eigenvalue weighted by Gasteiger charge is -2.30. The Morgan fingerprint density at radius 1 is 1.47 bits per heavy atom. The molecule has 0 amide bonds. The Morgan fingerprint density at radius 3 is 2.74 bits per heavy atom. The molecule has 1 unspecified atom stereocenters. The first-order valence-corrected chi connectivity index (χ1v) is 6.61. The topological polar surface area (TPSA) is 48.3 Å². The van der Waals surface area contributed by atoms with Crippen molar-refractivity contribution in [2.45, 2.75) is 26.4 Å². The first-order valence-electron chi connectivity index (χ1n) is 6.61. The normalized spacial score (nSPS) is 11.9. The smallest absolute Gasteiger partial charge is 0.101 e. The molecule has 19 heavy (non-hydrogen) atoms. The third-order valence-corrected chi connectivity index (χ3v) is 3.15. The number of hydrogen-bond donors (Lipinski definition) is 1. The fourth-order valence-corrected chi connectivity index (χ4v) is 2.29. The van der Waals surface area contributed by atoms with Gasteiger partial charge in [-0.2, -0.15) is 5.26 Å². The Morgan fingerprint density at radius 2 is 2.21 bits per heavy atom. The Balaban J connectivity index is 3.07. The van der Waals surface area contributed by atoms with E-state index < -0.39 is 0 Å². The van der Waals surface area contributed by atoms with Gasteiger partial charge in [0, 0.05) is 26.2 Å². The van der Waals surface area contributed by atoms with Gasteiger partial charge in [0.2, 0.25) is 0 Å². The van der Waals surface area contributed by atoms with Crippen LogP contribution < -0.4 is 10.2 Å². The third kappa shape index (κ3) is 3.95. The Labute approximate surface area is 116 Å². The summed E-state index contributed by atoms with van der Waals surface area (Å²) in [4.78, 5) is 2.20. The minimum absolute atomic E-state index is 0.247. The molecule has 0 aliphatic heterocycles. The molecule has 4 nitrogen and oxygen atoms in total. The number of nitrogens with zero attached hydrogens (tertiary/aromatic N) is 2. The minimum Gasteiger partial charge on any atom is -0.383 e. The number of rotatable bonds is 7. The molecule has 0 saturated carbocycles. The average molecular weight is 261 g/mol. The molecule has 104 valence electrons. The molecule has 4 heteroatoms. The molecule has 0 fully saturated rings. The first kappa shape index (κ1) is 15.5. The summed E-state index contributed by atoms with van der Waals surface area (Å²) in [7, 11) is 3.60. The number of likely N-dealkylation sites (N-methyl/N-ethyl adjacent to an activating group) is 1. The Kier molecular flexibility index (Phi) is 6.34. The molecule has 0 bridgehead atoms. The number of methoxy groups -OCH3 is 1. The largest absolute Gasteiger partial charge is 0.383 e. The molecule has 0 radical (unpaired) electrons. The highest BCUT2D eigenvalue weighted by Gasteiger charge is 2.16. The van der Waals surface area contributed by atoms with E-state index in [-0.39, 0.29) is 6.04 Å². The lowest BCUT2D eigenvalue weighted by Crippen LogP contribution is -2.36. The van der Waals surface area contributed by atoms with Crippen LogP contribution in [0.4, 0.5) is 5.69 Å². The van der Waals surface area contributed by atoms with Gasteiger partial charge in [-0.15, -0.1) is 0 Å². The van der Waals surface area contributed by atoms with Crippen molar-refractivity contribution in [3.05, 3.63) is 29.3 Å². The first-order chi connectivity index (χ1) is 9.17. The maximum Gasteiger partial charge on any atom is 0.101 e. The highest BCUT2D eigenvalue weighted by Crippen LogP contribution is 2.23. The van der Waals surface area contributed by atoms with E-state index in [0.29, 0.717) is 6.61 Å². The zero-order valence-corrected chi connectivity index (χ0v) is 12.2. The molecule has 0 heterocycles.